The van der Waals surface area contributed by atoms with E-state index in [0.717, 1.165) is 23.1 Å². The summed E-state index contributed by atoms with van der Waals surface area (Å²) in [4.78, 5) is 10.6. The fourth-order valence-electron chi connectivity index (χ4n) is 1.56. The molecule has 0 fully saturated rings. The Bertz CT molecular complexity index is 789. The molecule has 0 aliphatic carbocycles. The van der Waals surface area contributed by atoms with Crippen LogP contribution in [0.25, 0.3) is 0 Å². The van der Waals surface area contributed by atoms with E-state index in [-0.39, 0.29) is 22.8 Å². The maximum Gasteiger partial charge on any atom is 0.292 e. The largest absolute Gasteiger partial charge is 0.393 e. The van der Waals surface area contributed by atoms with E-state index in [2.05, 4.69) is 4.72 Å². The van der Waals surface area contributed by atoms with Crippen LogP contribution in [-0.2, 0) is 16.6 Å². The topological polar surface area (TPSA) is 115 Å². The molecule has 2 rings (SSSR count). The van der Waals surface area contributed by atoms with Crippen molar-refractivity contribution in [2.75, 3.05) is 5.73 Å². The average Bonchev–Trinajstić information content (AvgIpc) is 2.82. The molecule has 2 aromatic rings. The molecule has 21 heavy (non-hydrogen) atoms. The number of nitrogens with zero attached hydrogens (tertiary/aromatic N) is 1. The smallest absolute Gasteiger partial charge is 0.292 e. The Balaban J connectivity index is 2.19. The first-order chi connectivity index (χ1) is 9.79. The third kappa shape index (κ3) is 3.70. The third-order valence-electron chi connectivity index (χ3n) is 2.57. The zero-order chi connectivity index (χ0) is 15.6. The van der Waals surface area contributed by atoms with E-state index in [1.807, 2.05) is 0 Å². The van der Waals surface area contributed by atoms with Gasteiger partial charge in [-0.15, -0.1) is 11.3 Å². The molecule has 0 radical (unpaired) electrons. The molecule has 0 bridgehead atoms. The standard InChI is InChI=1S/C11H10ClN3O4S2/c12-11-4-1-7(20-11)6-14-21(18,19)8-2-3-10(15(16)17)9(13)5-8/h1-5,14H,6,13H2. The molecule has 0 saturated carbocycles. The highest BCUT2D eigenvalue weighted by Crippen LogP contribution is 2.25. The van der Waals surface area contributed by atoms with E-state index < -0.39 is 14.9 Å². The van der Waals surface area contributed by atoms with Crippen LogP contribution in [0.4, 0.5) is 11.4 Å². The molecule has 3 N–H and O–H groups in total. The van der Waals surface area contributed by atoms with Gasteiger partial charge in [-0.2, -0.15) is 0 Å². The Hall–Kier alpha value is -1.68. The highest BCUT2D eigenvalue weighted by atomic mass is 35.5. The van der Waals surface area contributed by atoms with Crippen molar-refractivity contribution in [1.82, 2.24) is 4.72 Å². The van der Waals surface area contributed by atoms with Gasteiger partial charge in [-0.25, -0.2) is 13.1 Å². The molecule has 1 heterocycles. The molecule has 1 aromatic carbocycles. The van der Waals surface area contributed by atoms with Crippen LogP contribution in [-0.4, -0.2) is 13.3 Å². The minimum Gasteiger partial charge on any atom is -0.393 e. The molecule has 10 heteroatoms. The SMILES string of the molecule is Nc1cc(S(=O)(=O)NCc2ccc(Cl)s2)ccc1[N+](=O)[O-]. The van der Waals surface area contributed by atoms with Crippen LogP contribution in [0.3, 0.4) is 0 Å². The number of nitro benzene ring substituents is 1. The number of nitrogen functional groups attached to an aromatic ring is 1. The summed E-state index contributed by atoms with van der Waals surface area (Å²) in [6, 6.07) is 6.63. The maximum atomic E-state index is 12.1. The van der Waals surface area contributed by atoms with E-state index in [1.165, 1.54) is 11.3 Å². The van der Waals surface area contributed by atoms with Crippen LogP contribution >= 0.6 is 22.9 Å². The summed E-state index contributed by atoms with van der Waals surface area (Å²) in [6.45, 7) is 0.0800. The number of hydrogen-bond donors (Lipinski definition) is 2. The fourth-order valence-corrected chi connectivity index (χ4v) is 3.72. The molecule has 1 aromatic heterocycles. The Labute approximate surface area is 129 Å². The molecular formula is C11H10ClN3O4S2. The number of nitrogens with one attached hydrogen (secondary N) is 1. The summed E-state index contributed by atoms with van der Waals surface area (Å²) in [5.74, 6) is 0. The molecule has 0 atom stereocenters. The summed E-state index contributed by atoms with van der Waals surface area (Å²) in [5, 5.41) is 10.6. The number of nitro groups is 1. The van der Waals surface area contributed by atoms with Crippen molar-refractivity contribution in [2.24, 2.45) is 0 Å². The van der Waals surface area contributed by atoms with Gasteiger partial charge in [0.1, 0.15) is 5.69 Å². The number of thiophene rings is 1. The molecule has 112 valence electrons. The molecule has 0 amide bonds. The second-order valence-corrected chi connectivity index (χ2v) is 7.57. The van der Waals surface area contributed by atoms with E-state index in [9.17, 15) is 18.5 Å². The lowest BCUT2D eigenvalue weighted by Gasteiger charge is -2.06. The molecule has 0 saturated heterocycles. The highest BCUT2D eigenvalue weighted by molar-refractivity contribution is 7.89. The number of halogens is 1. The minimum atomic E-state index is -3.80. The van der Waals surface area contributed by atoms with Crippen molar-refractivity contribution in [3.63, 3.8) is 0 Å². The van der Waals surface area contributed by atoms with E-state index in [0.29, 0.717) is 4.34 Å². The Morgan fingerprint density at radius 3 is 2.57 bits per heavy atom. The molecule has 0 unspecified atom stereocenters. The van der Waals surface area contributed by atoms with E-state index in [1.54, 1.807) is 12.1 Å². The summed E-state index contributed by atoms with van der Waals surface area (Å²) < 4.78 is 27.1. The lowest BCUT2D eigenvalue weighted by molar-refractivity contribution is -0.383. The van der Waals surface area contributed by atoms with Crippen LogP contribution < -0.4 is 10.5 Å². The van der Waals surface area contributed by atoms with Crippen LogP contribution in [0.1, 0.15) is 4.88 Å². The van der Waals surface area contributed by atoms with Gasteiger partial charge in [0, 0.05) is 17.5 Å². The van der Waals surface area contributed by atoms with E-state index >= 15 is 0 Å². The van der Waals surface area contributed by atoms with Gasteiger partial charge in [0.2, 0.25) is 10.0 Å². The van der Waals surface area contributed by atoms with Gasteiger partial charge in [0.15, 0.2) is 0 Å². The van der Waals surface area contributed by atoms with Crippen molar-refractivity contribution in [1.29, 1.82) is 0 Å². The normalized spacial score (nSPS) is 11.5. The molecular weight excluding hydrogens is 338 g/mol. The van der Waals surface area contributed by atoms with Gasteiger partial charge >= 0.3 is 0 Å². The number of hydrogen-bond acceptors (Lipinski definition) is 6. The lowest BCUT2D eigenvalue weighted by atomic mass is 10.3. The molecule has 0 aliphatic rings. The zero-order valence-corrected chi connectivity index (χ0v) is 12.8. The predicted octanol–water partition coefficient (Wildman–Crippen LogP) is 2.37. The van der Waals surface area contributed by atoms with Crippen LogP contribution in [0.2, 0.25) is 4.34 Å². The number of nitrogens with two attached hydrogens (primary N) is 1. The Morgan fingerprint density at radius 2 is 2.05 bits per heavy atom. The highest BCUT2D eigenvalue weighted by Gasteiger charge is 2.19. The second kappa shape index (κ2) is 5.98. The average molecular weight is 348 g/mol. The number of anilines is 1. The first kappa shape index (κ1) is 15.7. The van der Waals surface area contributed by atoms with Crippen molar-refractivity contribution in [2.45, 2.75) is 11.4 Å². The van der Waals surface area contributed by atoms with Crippen LogP contribution in [0.15, 0.2) is 35.2 Å². The quantitative estimate of drug-likeness (QED) is 0.489. The van der Waals surface area contributed by atoms with Gasteiger partial charge in [-0.05, 0) is 24.3 Å². The number of rotatable bonds is 5. The van der Waals surface area contributed by atoms with Crippen LogP contribution in [0, 0.1) is 10.1 Å². The second-order valence-electron chi connectivity index (χ2n) is 4.01. The van der Waals surface area contributed by atoms with Crippen molar-refractivity contribution >= 4 is 44.3 Å². The number of sulfonamides is 1. The Kier molecular flexibility index (Phi) is 4.47. The first-order valence-corrected chi connectivity index (χ1v) is 8.25. The van der Waals surface area contributed by atoms with Gasteiger partial charge < -0.3 is 5.73 Å². The van der Waals surface area contributed by atoms with Crippen LogP contribution in [0.5, 0.6) is 0 Å². The summed E-state index contributed by atoms with van der Waals surface area (Å²) in [7, 11) is -3.80. The van der Waals surface area contributed by atoms with Crippen molar-refractivity contribution in [3.8, 4) is 0 Å². The zero-order valence-electron chi connectivity index (χ0n) is 10.4. The van der Waals surface area contributed by atoms with Gasteiger partial charge in [0.05, 0.1) is 14.2 Å². The fraction of sp³-hybridized carbons (Fsp3) is 0.0909. The van der Waals surface area contributed by atoms with Gasteiger partial charge in [-0.3, -0.25) is 10.1 Å². The maximum absolute atomic E-state index is 12.1. The minimum absolute atomic E-state index is 0.0800. The van der Waals surface area contributed by atoms with Crippen molar-refractivity contribution in [3.05, 3.63) is 49.7 Å². The van der Waals surface area contributed by atoms with E-state index in [4.69, 9.17) is 17.3 Å². The Morgan fingerprint density at radius 1 is 1.33 bits per heavy atom. The lowest BCUT2D eigenvalue weighted by Crippen LogP contribution is -2.23. The van der Waals surface area contributed by atoms with Crippen molar-refractivity contribution < 1.29 is 13.3 Å². The predicted molar refractivity (Wildman–Crippen MR) is 80.9 cm³/mol. The summed E-state index contributed by atoms with van der Waals surface area (Å²) in [5.41, 5.74) is 4.94. The first-order valence-electron chi connectivity index (χ1n) is 5.57. The summed E-state index contributed by atoms with van der Waals surface area (Å²) >= 11 is 7.01. The molecule has 0 aliphatic heterocycles. The summed E-state index contributed by atoms with van der Waals surface area (Å²) in [6.07, 6.45) is 0. The van der Waals surface area contributed by atoms with Gasteiger partial charge in [0.25, 0.3) is 5.69 Å². The van der Waals surface area contributed by atoms with Gasteiger partial charge in [-0.1, -0.05) is 11.6 Å². The molecule has 7 nitrogen and oxygen atoms in total. The third-order valence-corrected chi connectivity index (χ3v) is 5.20. The monoisotopic (exact) mass is 347 g/mol. The molecule has 0 spiro atoms. The number of benzene rings is 1.